The molecule has 36 heavy (non-hydrogen) atoms. The average molecular weight is 486 g/mol. The van der Waals surface area contributed by atoms with Gasteiger partial charge >= 0.3 is 6.03 Å². The van der Waals surface area contributed by atoms with E-state index in [-0.39, 0.29) is 6.03 Å². The standard InChI is InChI=1S/C27H31N7O2/c28-19-21-4-6-22(7-5-21)31-27(35)34-15-13-33(14-16-34)26-24-9-8-23(18-25(24)29-20-30-26)36-17-3-12-32-10-1-2-11-32/h4-9,18,20H,1-3,10-17H2,(H,31,35). The fraction of sp³-hybridized carbons (Fsp3) is 0.407. The molecule has 2 saturated heterocycles. The molecule has 1 N–H and O–H groups in total. The van der Waals surface area contributed by atoms with E-state index in [4.69, 9.17) is 10.00 Å². The van der Waals surface area contributed by atoms with Gasteiger partial charge in [-0.05, 0) is 68.8 Å². The summed E-state index contributed by atoms with van der Waals surface area (Å²) in [7, 11) is 0. The first-order chi connectivity index (χ1) is 17.7. The van der Waals surface area contributed by atoms with Crippen molar-refractivity contribution in [2.75, 3.05) is 62.6 Å². The van der Waals surface area contributed by atoms with E-state index in [1.807, 2.05) is 18.2 Å². The monoisotopic (exact) mass is 485 g/mol. The number of hydrogen-bond acceptors (Lipinski definition) is 7. The molecule has 0 saturated carbocycles. The number of amides is 2. The summed E-state index contributed by atoms with van der Waals surface area (Å²) in [5.41, 5.74) is 2.10. The van der Waals surface area contributed by atoms with Gasteiger partial charge in [0.05, 0.1) is 23.8 Å². The Kier molecular flexibility index (Phi) is 7.43. The van der Waals surface area contributed by atoms with Crippen molar-refractivity contribution in [1.29, 1.82) is 5.26 Å². The van der Waals surface area contributed by atoms with E-state index in [0.29, 0.717) is 44.0 Å². The van der Waals surface area contributed by atoms with Crippen LogP contribution < -0.4 is 15.0 Å². The van der Waals surface area contributed by atoms with Crippen molar-refractivity contribution >= 4 is 28.4 Å². The highest BCUT2D eigenvalue weighted by Gasteiger charge is 2.23. The molecule has 2 aliphatic rings. The van der Waals surface area contributed by atoms with Crippen LogP contribution in [0.3, 0.4) is 0 Å². The van der Waals surface area contributed by atoms with E-state index >= 15 is 0 Å². The minimum Gasteiger partial charge on any atom is -0.493 e. The van der Waals surface area contributed by atoms with Gasteiger partial charge in [-0.2, -0.15) is 5.26 Å². The second kappa shape index (κ2) is 11.2. The predicted molar refractivity (Wildman–Crippen MR) is 139 cm³/mol. The molecule has 0 radical (unpaired) electrons. The fourth-order valence-electron chi connectivity index (χ4n) is 4.80. The Bertz CT molecular complexity index is 1230. The third-order valence-corrected chi connectivity index (χ3v) is 6.80. The first kappa shape index (κ1) is 23.8. The van der Waals surface area contributed by atoms with Crippen LogP contribution in [0.2, 0.25) is 0 Å². The summed E-state index contributed by atoms with van der Waals surface area (Å²) in [5, 5.41) is 12.8. The van der Waals surface area contributed by atoms with Crippen LogP contribution in [0.5, 0.6) is 5.75 Å². The largest absolute Gasteiger partial charge is 0.493 e. The Hall–Kier alpha value is -3.90. The van der Waals surface area contributed by atoms with Crippen molar-refractivity contribution in [2.45, 2.75) is 19.3 Å². The highest BCUT2D eigenvalue weighted by Crippen LogP contribution is 2.27. The van der Waals surface area contributed by atoms with Gasteiger partial charge in [0.15, 0.2) is 0 Å². The molecule has 5 rings (SSSR count). The van der Waals surface area contributed by atoms with E-state index in [1.165, 1.54) is 25.9 Å². The van der Waals surface area contributed by atoms with Crippen LogP contribution in [0.1, 0.15) is 24.8 Å². The molecule has 2 amide bonds. The van der Waals surface area contributed by atoms with Crippen LogP contribution in [0, 0.1) is 11.3 Å². The molecule has 186 valence electrons. The summed E-state index contributed by atoms with van der Waals surface area (Å²) >= 11 is 0. The SMILES string of the molecule is N#Cc1ccc(NC(=O)N2CCN(c3ncnc4cc(OCCCN5CCCC5)ccc34)CC2)cc1. The van der Waals surface area contributed by atoms with Gasteiger partial charge < -0.3 is 24.8 Å². The average Bonchev–Trinajstić information content (AvgIpc) is 3.45. The maximum Gasteiger partial charge on any atom is 0.321 e. The van der Waals surface area contributed by atoms with Crippen molar-refractivity contribution in [1.82, 2.24) is 19.8 Å². The first-order valence-corrected chi connectivity index (χ1v) is 12.6. The van der Waals surface area contributed by atoms with Crippen molar-refractivity contribution in [3.05, 3.63) is 54.4 Å². The van der Waals surface area contributed by atoms with Gasteiger partial charge in [0, 0.05) is 49.9 Å². The molecule has 9 nitrogen and oxygen atoms in total. The lowest BCUT2D eigenvalue weighted by atomic mass is 10.2. The molecule has 0 bridgehead atoms. The Balaban J connectivity index is 1.15. The summed E-state index contributed by atoms with van der Waals surface area (Å²) in [6, 6.07) is 14.8. The number of rotatable bonds is 7. The van der Waals surface area contributed by atoms with Crippen LogP contribution in [0.4, 0.5) is 16.3 Å². The van der Waals surface area contributed by atoms with Crippen molar-refractivity contribution in [3.63, 3.8) is 0 Å². The molecule has 2 fully saturated rings. The second-order valence-electron chi connectivity index (χ2n) is 9.22. The molecule has 1 aromatic heterocycles. The number of nitriles is 1. The number of carbonyl (C=O) groups is 1. The van der Waals surface area contributed by atoms with E-state index in [0.717, 1.165) is 35.4 Å². The lowest BCUT2D eigenvalue weighted by Crippen LogP contribution is -2.50. The van der Waals surface area contributed by atoms with Gasteiger partial charge in [0.1, 0.15) is 17.9 Å². The van der Waals surface area contributed by atoms with E-state index < -0.39 is 0 Å². The number of aromatic nitrogens is 2. The maximum atomic E-state index is 12.7. The summed E-state index contributed by atoms with van der Waals surface area (Å²) in [6.45, 7) is 6.77. The summed E-state index contributed by atoms with van der Waals surface area (Å²) in [6.07, 6.45) is 5.25. The quantitative estimate of drug-likeness (QED) is 0.510. The Morgan fingerprint density at radius 3 is 2.53 bits per heavy atom. The minimum absolute atomic E-state index is 0.140. The Labute approximate surface area is 211 Å². The van der Waals surface area contributed by atoms with E-state index in [9.17, 15) is 4.79 Å². The highest BCUT2D eigenvalue weighted by atomic mass is 16.5. The summed E-state index contributed by atoms with van der Waals surface area (Å²) in [5.74, 6) is 1.71. The molecule has 3 heterocycles. The van der Waals surface area contributed by atoms with E-state index in [1.54, 1.807) is 35.5 Å². The maximum absolute atomic E-state index is 12.7. The summed E-state index contributed by atoms with van der Waals surface area (Å²) in [4.78, 5) is 28.2. The number of anilines is 2. The lowest BCUT2D eigenvalue weighted by Gasteiger charge is -2.35. The molecule has 0 atom stereocenters. The fourth-order valence-corrected chi connectivity index (χ4v) is 4.80. The molecule has 2 aliphatic heterocycles. The second-order valence-corrected chi connectivity index (χ2v) is 9.22. The van der Waals surface area contributed by atoms with Crippen molar-refractivity contribution in [2.24, 2.45) is 0 Å². The molecule has 0 unspecified atom stereocenters. The van der Waals surface area contributed by atoms with Crippen LogP contribution in [-0.2, 0) is 0 Å². The predicted octanol–water partition coefficient (Wildman–Crippen LogP) is 3.72. The number of benzene rings is 2. The van der Waals surface area contributed by atoms with Crippen LogP contribution in [0.15, 0.2) is 48.8 Å². The number of carbonyl (C=O) groups excluding carboxylic acids is 1. The molecule has 0 spiro atoms. The van der Waals surface area contributed by atoms with Gasteiger partial charge in [-0.1, -0.05) is 0 Å². The number of likely N-dealkylation sites (tertiary alicyclic amines) is 1. The number of fused-ring (bicyclic) bond motifs is 1. The Morgan fingerprint density at radius 2 is 1.78 bits per heavy atom. The number of nitrogens with zero attached hydrogens (tertiary/aromatic N) is 6. The van der Waals surface area contributed by atoms with Crippen molar-refractivity contribution in [3.8, 4) is 11.8 Å². The van der Waals surface area contributed by atoms with Crippen LogP contribution in [-0.4, -0.2) is 78.2 Å². The van der Waals surface area contributed by atoms with Gasteiger partial charge in [0.25, 0.3) is 0 Å². The third kappa shape index (κ3) is 5.66. The minimum atomic E-state index is -0.140. The third-order valence-electron chi connectivity index (χ3n) is 6.80. The molecule has 0 aliphatic carbocycles. The van der Waals surface area contributed by atoms with Gasteiger partial charge in [-0.25, -0.2) is 14.8 Å². The molecular formula is C27H31N7O2. The van der Waals surface area contributed by atoms with Gasteiger partial charge in [-0.3, -0.25) is 0 Å². The zero-order chi connectivity index (χ0) is 24.7. The normalized spacial score (nSPS) is 16.2. The highest BCUT2D eigenvalue weighted by molar-refractivity contribution is 5.91. The zero-order valence-corrected chi connectivity index (χ0v) is 20.4. The topological polar surface area (TPSA) is 97.6 Å². The summed E-state index contributed by atoms with van der Waals surface area (Å²) < 4.78 is 5.99. The first-order valence-electron chi connectivity index (χ1n) is 12.6. The van der Waals surface area contributed by atoms with Crippen molar-refractivity contribution < 1.29 is 9.53 Å². The van der Waals surface area contributed by atoms with Gasteiger partial charge in [-0.15, -0.1) is 0 Å². The van der Waals surface area contributed by atoms with Crippen LogP contribution >= 0.6 is 0 Å². The van der Waals surface area contributed by atoms with E-state index in [2.05, 4.69) is 31.2 Å². The van der Waals surface area contributed by atoms with Crippen LogP contribution in [0.25, 0.3) is 10.9 Å². The number of hydrogen-bond donors (Lipinski definition) is 1. The molecule has 9 heteroatoms. The number of urea groups is 1. The smallest absolute Gasteiger partial charge is 0.321 e. The zero-order valence-electron chi connectivity index (χ0n) is 20.4. The number of piperazine rings is 1. The Morgan fingerprint density at radius 1 is 1.00 bits per heavy atom. The van der Waals surface area contributed by atoms with Gasteiger partial charge in [0.2, 0.25) is 0 Å². The molecule has 2 aromatic carbocycles. The lowest BCUT2D eigenvalue weighted by molar-refractivity contribution is 0.208. The molecular weight excluding hydrogens is 454 g/mol. The number of ether oxygens (including phenoxy) is 1. The number of nitrogens with one attached hydrogen (secondary N) is 1. The molecule has 3 aromatic rings.